The van der Waals surface area contributed by atoms with Crippen molar-refractivity contribution in [3.05, 3.63) is 70.5 Å². The topological polar surface area (TPSA) is 32.3 Å². The van der Waals surface area contributed by atoms with Crippen LogP contribution in [-0.4, -0.2) is 30.9 Å². The first-order valence-electron chi connectivity index (χ1n) is 11.6. The van der Waals surface area contributed by atoms with E-state index in [1.54, 1.807) is 12.1 Å². The number of halogens is 7. The third-order valence-electron chi connectivity index (χ3n) is 7.15. The Bertz CT molecular complexity index is 1020. The second-order valence-corrected chi connectivity index (χ2v) is 9.76. The molecule has 0 radical (unpaired) electrons. The lowest BCUT2D eigenvalue weighted by atomic mass is 9.78. The lowest BCUT2D eigenvalue weighted by molar-refractivity contribution is -0.143. The molecule has 0 spiro atoms. The maximum Gasteiger partial charge on any atom is 0.416 e. The SMILES string of the molecule is CN(C(=O)CC(c1ccc(F)cc1)C1CCNCC1)C(C)(C)c1cc(C(F)(F)F)cc(C(F)(F)F)c1. The van der Waals surface area contributed by atoms with Crippen molar-refractivity contribution < 1.29 is 35.5 Å². The molecule has 1 atom stereocenters. The van der Waals surface area contributed by atoms with Gasteiger partial charge in [-0.25, -0.2) is 4.39 Å². The molecule has 1 amide bonds. The molecule has 1 N–H and O–H groups in total. The third kappa shape index (κ3) is 6.38. The molecule has 10 heteroatoms. The summed E-state index contributed by atoms with van der Waals surface area (Å²) in [5.41, 5.74) is -3.85. The average molecular weight is 519 g/mol. The Balaban J connectivity index is 1.94. The minimum absolute atomic E-state index is 0.0126. The van der Waals surface area contributed by atoms with Crippen LogP contribution in [0.5, 0.6) is 0 Å². The average Bonchev–Trinajstić information content (AvgIpc) is 2.81. The van der Waals surface area contributed by atoms with Gasteiger partial charge in [0.25, 0.3) is 0 Å². The van der Waals surface area contributed by atoms with Crippen molar-refractivity contribution in [3.8, 4) is 0 Å². The highest BCUT2D eigenvalue weighted by molar-refractivity contribution is 5.78. The molecular formula is C26H29F7N2O. The molecule has 1 fully saturated rings. The van der Waals surface area contributed by atoms with Crippen molar-refractivity contribution in [2.24, 2.45) is 5.92 Å². The van der Waals surface area contributed by atoms with Crippen molar-refractivity contribution in [3.63, 3.8) is 0 Å². The summed E-state index contributed by atoms with van der Waals surface area (Å²) >= 11 is 0. The molecule has 198 valence electrons. The molecule has 1 heterocycles. The Morgan fingerprint density at radius 1 is 0.917 bits per heavy atom. The summed E-state index contributed by atoms with van der Waals surface area (Å²) in [4.78, 5) is 14.6. The van der Waals surface area contributed by atoms with Gasteiger partial charge in [-0.2, -0.15) is 26.3 Å². The number of carbonyl (C=O) groups excluding carboxylic acids is 1. The fraction of sp³-hybridized carbons (Fsp3) is 0.500. The predicted molar refractivity (Wildman–Crippen MR) is 122 cm³/mol. The largest absolute Gasteiger partial charge is 0.416 e. The number of piperidine rings is 1. The summed E-state index contributed by atoms with van der Waals surface area (Å²) < 4.78 is 93.9. The van der Waals surface area contributed by atoms with Gasteiger partial charge in [0.15, 0.2) is 0 Å². The molecule has 36 heavy (non-hydrogen) atoms. The fourth-order valence-corrected chi connectivity index (χ4v) is 4.65. The summed E-state index contributed by atoms with van der Waals surface area (Å²) in [7, 11) is 1.38. The van der Waals surface area contributed by atoms with E-state index in [1.165, 1.54) is 37.9 Å². The maximum atomic E-state index is 13.5. The van der Waals surface area contributed by atoms with Gasteiger partial charge in [0.1, 0.15) is 5.82 Å². The molecule has 2 aromatic rings. The molecule has 1 aliphatic heterocycles. The van der Waals surface area contributed by atoms with Crippen molar-refractivity contribution >= 4 is 5.91 Å². The summed E-state index contributed by atoms with van der Waals surface area (Å²) in [6, 6.07) is 7.23. The molecule has 0 saturated carbocycles. The Kier molecular flexibility index (Phi) is 8.07. The van der Waals surface area contributed by atoms with E-state index in [4.69, 9.17) is 0 Å². The van der Waals surface area contributed by atoms with Gasteiger partial charge in [-0.1, -0.05) is 12.1 Å². The second-order valence-electron chi connectivity index (χ2n) is 9.76. The van der Waals surface area contributed by atoms with Crippen molar-refractivity contribution in [2.45, 2.75) is 56.9 Å². The Hall–Kier alpha value is -2.62. The number of alkyl halides is 6. The van der Waals surface area contributed by atoms with E-state index in [0.717, 1.165) is 31.5 Å². The van der Waals surface area contributed by atoms with Crippen molar-refractivity contribution in [1.82, 2.24) is 10.2 Å². The number of hydrogen-bond acceptors (Lipinski definition) is 2. The van der Waals surface area contributed by atoms with E-state index >= 15 is 0 Å². The zero-order valence-electron chi connectivity index (χ0n) is 20.2. The number of amides is 1. The molecule has 0 bridgehead atoms. The van der Waals surface area contributed by atoms with Crippen LogP contribution >= 0.6 is 0 Å². The Morgan fingerprint density at radius 3 is 1.86 bits per heavy atom. The van der Waals surface area contributed by atoms with Crippen LogP contribution in [0.1, 0.15) is 61.3 Å². The molecule has 0 aromatic heterocycles. The first-order valence-corrected chi connectivity index (χ1v) is 11.6. The van der Waals surface area contributed by atoms with Gasteiger partial charge in [0, 0.05) is 13.5 Å². The zero-order valence-corrected chi connectivity index (χ0v) is 20.2. The van der Waals surface area contributed by atoms with Gasteiger partial charge in [-0.3, -0.25) is 4.79 Å². The van der Waals surface area contributed by atoms with E-state index in [-0.39, 0.29) is 29.9 Å². The van der Waals surface area contributed by atoms with Crippen LogP contribution in [0.25, 0.3) is 0 Å². The monoisotopic (exact) mass is 518 g/mol. The summed E-state index contributed by atoms with van der Waals surface area (Å²) in [5.74, 6) is -1.01. The van der Waals surface area contributed by atoms with Crippen LogP contribution in [-0.2, 0) is 22.7 Å². The van der Waals surface area contributed by atoms with E-state index in [1.807, 2.05) is 0 Å². The smallest absolute Gasteiger partial charge is 0.337 e. The van der Waals surface area contributed by atoms with Crippen molar-refractivity contribution in [2.75, 3.05) is 20.1 Å². The number of nitrogens with one attached hydrogen (secondary N) is 1. The normalized spacial score (nSPS) is 16.6. The van der Waals surface area contributed by atoms with Gasteiger partial charge < -0.3 is 10.2 Å². The fourth-order valence-electron chi connectivity index (χ4n) is 4.65. The van der Waals surface area contributed by atoms with Crippen LogP contribution < -0.4 is 5.32 Å². The first-order chi connectivity index (χ1) is 16.6. The molecule has 1 saturated heterocycles. The molecule has 0 aliphatic carbocycles. The van der Waals surface area contributed by atoms with Gasteiger partial charge >= 0.3 is 12.4 Å². The lowest BCUT2D eigenvalue weighted by Gasteiger charge is -2.39. The lowest BCUT2D eigenvalue weighted by Crippen LogP contribution is -2.44. The number of carbonyl (C=O) groups is 1. The number of rotatable bonds is 6. The van der Waals surface area contributed by atoms with E-state index in [0.29, 0.717) is 12.1 Å². The first kappa shape index (κ1) is 28.0. The number of nitrogens with zero attached hydrogens (tertiary/aromatic N) is 1. The van der Waals surface area contributed by atoms with Gasteiger partial charge in [-0.05, 0) is 93.1 Å². The molecule has 1 aliphatic rings. The standard InChI is InChI=1S/C26H29F7N2O/c1-24(2,18-12-19(25(28,29)30)14-20(13-18)26(31,32)33)35(3)23(36)15-22(17-8-10-34-11-9-17)16-4-6-21(27)7-5-16/h4-7,12-14,17,22,34H,8-11,15H2,1-3H3. The maximum absolute atomic E-state index is 13.5. The molecule has 2 aromatic carbocycles. The molecule has 3 rings (SSSR count). The summed E-state index contributed by atoms with van der Waals surface area (Å²) in [5, 5.41) is 3.25. The quantitative estimate of drug-likeness (QED) is 0.430. The minimum atomic E-state index is -4.99. The number of hydrogen-bond donors (Lipinski definition) is 1. The zero-order chi connectivity index (χ0) is 26.9. The van der Waals surface area contributed by atoms with Crippen LogP contribution in [0, 0.1) is 11.7 Å². The number of benzene rings is 2. The molecular weight excluding hydrogens is 489 g/mol. The van der Waals surface area contributed by atoms with Crippen LogP contribution in [0.4, 0.5) is 30.7 Å². The summed E-state index contributed by atoms with van der Waals surface area (Å²) in [6.07, 6.45) is -8.42. The highest BCUT2D eigenvalue weighted by atomic mass is 19.4. The van der Waals surface area contributed by atoms with Crippen LogP contribution in [0.3, 0.4) is 0 Å². The predicted octanol–water partition coefficient (Wildman–Crippen LogP) is 6.73. The highest BCUT2D eigenvalue weighted by Gasteiger charge is 2.40. The van der Waals surface area contributed by atoms with Gasteiger partial charge in [0.2, 0.25) is 5.91 Å². The van der Waals surface area contributed by atoms with Crippen LogP contribution in [0.15, 0.2) is 42.5 Å². The molecule has 3 nitrogen and oxygen atoms in total. The van der Waals surface area contributed by atoms with E-state index in [9.17, 15) is 35.5 Å². The van der Waals surface area contributed by atoms with Crippen LogP contribution in [0.2, 0.25) is 0 Å². The van der Waals surface area contributed by atoms with Gasteiger partial charge in [-0.15, -0.1) is 0 Å². The van der Waals surface area contributed by atoms with Gasteiger partial charge in [0.05, 0.1) is 16.7 Å². The Morgan fingerprint density at radius 2 is 1.39 bits per heavy atom. The summed E-state index contributed by atoms with van der Waals surface area (Å²) in [6.45, 7) is 4.33. The van der Waals surface area contributed by atoms with E-state index in [2.05, 4.69) is 5.32 Å². The van der Waals surface area contributed by atoms with E-state index < -0.39 is 40.7 Å². The Labute approximate surface area is 205 Å². The molecule has 1 unspecified atom stereocenters. The van der Waals surface area contributed by atoms with Crippen molar-refractivity contribution in [1.29, 1.82) is 0 Å². The highest BCUT2D eigenvalue weighted by Crippen LogP contribution is 2.41. The minimum Gasteiger partial charge on any atom is -0.337 e. The second kappa shape index (κ2) is 10.4. The third-order valence-corrected chi connectivity index (χ3v) is 7.15.